The molecule has 3 rings (SSSR count). The lowest BCUT2D eigenvalue weighted by Gasteiger charge is -2.33. The lowest BCUT2D eigenvalue weighted by Crippen LogP contribution is -2.39. The molecule has 2 saturated heterocycles. The van der Waals surface area contributed by atoms with Gasteiger partial charge in [0.05, 0.1) is 12.7 Å². The predicted octanol–water partition coefficient (Wildman–Crippen LogP) is 2.81. The molecule has 122 valence electrons. The summed E-state index contributed by atoms with van der Waals surface area (Å²) in [6.07, 6.45) is 5.39. The van der Waals surface area contributed by atoms with Crippen molar-refractivity contribution in [3.8, 4) is 0 Å². The lowest BCUT2D eigenvalue weighted by atomic mass is 9.90. The van der Waals surface area contributed by atoms with E-state index in [-0.39, 0.29) is 5.82 Å². The van der Waals surface area contributed by atoms with Gasteiger partial charge in [0.2, 0.25) is 0 Å². The third-order valence-corrected chi connectivity index (χ3v) is 4.90. The van der Waals surface area contributed by atoms with Gasteiger partial charge in [0, 0.05) is 19.6 Å². The van der Waals surface area contributed by atoms with Crippen molar-refractivity contribution < 1.29 is 9.13 Å². The van der Waals surface area contributed by atoms with E-state index in [0.29, 0.717) is 6.10 Å². The Balaban J connectivity index is 1.37. The molecule has 22 heavy (non-hydrogen) atoms. The number of hydrogen-bond acceptors (Lipinski definition) is 3. The fourth-order valence-corrected chi connectivity index (χ4v) is 3.55. The maximum atomic E-state index is 13.2. The molecular formula is C18H27FN2O. The fraction of sp³-hybridized carbons (Fsp3) is 0.667. The van der Waals surface area contributed by atoms with Gasteiger partial charge in [-0.2, -0.15) is 0 Å². The quantitative estimate of drug-likeness (QED) is 0.905. The Bertz CT molecular complexity index is 454. The third kappa shape index (κ3) is 4.77. The van der Waals surface area contributed by atoms with Crippen LogP contribution < -0.4 is 5.32 Å². The monoisotopic (exact) mass is 306 g/mol. The van der Waals surface area contributed by atoms with E-state index in [2.05, 4.69) is 10.2 Å². The Kier molecular flexibility index (Phi) is 5.82. The summed E-state index contributed by atoms with van der Waals surface area (Å²) in [4.78, 5) is 2.45. The van der Waals surface area contributed by atoms with Crippen molar-refractivity contribution in [3.63, 3.8) is 0 Å². The minimum absolute atomic E-state index is 0.131. The molecule has 2 aliphatic rings. The van der Waals surface area contributed by atoms with Crippen LogP contribution in [0.15, 0.2) is 24.3 Å². The van der Waals surface area contributed by atoms with Crippen molar-refractivity contribution in [1.82, 2.24) is 10.2 Å². The van der Waals surface area contributed by atoms with Gasteiger partial charge in [0.25, 0.3) is 0 Å². The van der Waals surface area contributed by atoms with Crippen LogP contribution in [0.2, 0.25) is 0 Å². The summed E-state index contributed by atoms with van der Waals surface area (Å²) < 4.78 is 19.0. The highest BCUT2D eigenvalue weighted by Crippen LogP contribution is 2.24. The van der Waals surface area contributed by atoms with E-state index < -0.39 is 0 Å². The summed E-state index contributed by atoms with van der Waals surface area (Å²) in [5.41, 5.74) is 1.08. The highest BCUT2D eigenvalue weighted by Gasteiger charge is 2.21. The molecule has 2 aliphatic heterocycles. The van der Waals surface area contributed by atoms with Gasteiger partial charge in [-0.3, -0.25) is 4.90 Å². The number of piperidine rings is 1. The summed E-state index contributed by atoms with van der Waals surface area (Å²) in [5, 5.41) is 3.40. The van der Waals surface area contributed by atoms with E-state index in [4.69, 9.17) is 4.74 Å². The number of nitrogens with one attached hydrogen (secondary N) is 1. The average Bonchev–Trinajstić information content (AvgIpc) is 2.55. The van der Waals surface area contributed by atoms with Crippen LogP contribution in [0.5, 0.6) is 0 Å². The molecule has 1 aromatic rings. The number of halogens is 1. The minimum atomic E-state index is -0.131. The van der Waals surface area contributed by atoms with Crippen LogP contribution in [0.4, 0.5) is 4.39 Å². The first kappa shape index (κ1) is 15.9. The van der Waals surface area contributed by atoms with Crippen molar-refractivity contribution >= 4 is 0 Å². The van der Waals surface area contributed by atoms with Gasteiger partial charge in [-0.1, -0.05) is 12.1 Å². The van der Waals surface area contributed by atoms with Crippen LogP contribution in [0, 0.1) is 11.7 Å². The van der Waals surface area contributed by atoms with Gasteiger partial charge in [0.15, 0.2) is 0 Å². The number of morpholine rings is 1. The molecule has 0 aromatic heterocycles. The number of nitrogens with zero attached hydrogens (tertiary/aromatic N) is 1. The number of ether oxygens (including phenoxy) is 1. The van der Waals surface area contributed by atoms with Gasteiger partial charge in [0.1, 0.15) is 5.82 Å². The van der Waals surface area contributed by atoms with Gasteiger partial charge in [-0.25, -0.2) is 4.39 Å². The maximum Gasteiger partial charge on any atom is 0.123 e. The van der Waals surface area contributed by atoms with Crippen LogP contribution >= 0.6 is 0 Å². The van der Waals surface area contributed by atoms with Crippen LogP contribution in [-0.4, -0.2) is 43.8 Å². The van der Waals surface area contributed by atoms with E-state index in [0.717, 1.165) is 50.8 Å². The first-order valence-electron chi connectivity index (χ1n) is 8.59. The molecular weight excluding hydrogens is 279 g/mol. The largest absolute Gasteiger partial charge is 0.376 e. The summed E-state index contributed by atoms with van der Waals surface area (Å²) in [6.45, 7) is 6.00. The van der Waals surface area contributed by atoms with Crippen molar-refractivity contribution in [1.29, 1.82) is 0 Å². The predicted molar refractivity (Wildman–Crippen MR) is 86.2 cm³/mol. The van der Waals surface area contributed by atoms with Gasteiger partial charge >= 0.3 is 0 Å². The molecule has 0 aliphatic carbocycles. The van der Waals surface area contributed by atoms with Gasteiger partial charge in [-0.05, 0) is 62.4 Å². The second-order valence-corrected chi connectivity index (χ2v) is 6.62. The van der Waals surface area contributed by atoms with Gasteiger partial charge in [-0.15, -0.1) is 0 Å². The number of hydrogen-bond donors (Lipinski definition) is 1. The van der Waals surface area contributed by atoms with Crippen molar-refractivity contribution in [2.75, 3.05) is 32.8 Å². The first-order chi connectivity index (χ1) is 10.8. The van der Waals surface area contributed by atoms with Crippen LogP contribution in [-0.2, 0) is 11.3 Å². The Hall–Kier alpha value is -0.970. The van der Waals surface area contributed by atoms with E-state index in [1.807, 2.05) is 6.07 Å². The average molecular weight is 306 g/mol. The zero-order valence-electron chi connectivity index (χ0n) is 13.3. The summed E-state index contributed by atoms with van der Waals surface area (Å²) in [5.74, 6) is 0.697. The first-order valence-corrected chi connectivity index (χ1v) is 8.59. The summed E-state index contributed by atoms with van der Waals surface area (Å²) in [6, 6.07) is 6.98. The van der Waals surface area contributed by atoms with Crippen molar-refractivity contribution in [2.45, 2.75) is 38.3 Å². The molecule has 4 heteroatoms. The molecule has 0 spiro atoms. The fourth-order valence-electron chi connectivity index (χ4n) is 3.55. The molecule has 1 atom stereocenters. The molecule has 3 nitrogen and oxygen atoms in total. The van der Waals surface area contributed by atoms with Crippen LogP contribution in [0.25, 0.3) is 0 Å². The lowest BCUT2D eigenvalue weighted by molar-refractivity contribution is 0.0175. The topological polar surface area (TPSA) is 24.5 Å². The Morgan fingerprint density at radius 2 is 2.09 bits per heavy atom. The van der Waals surface area contributed by atoms with E-state index in [1.165, 1.54) is 31.7 Å². The second kappa shape index (κ2) is 8.04. The molecule has 0 bridgehead atoms. The number of rotatable bonds is 5. The molecule has 1 unspecified atom stereocenters. The SMILES string of the molecule is Fc1cccc(CN2CCC(CCC3CNCCO3)CC2)c1. The Morgan fingerprint density at radius 3 is 2.82 bits per heavy atom. The molecule has 2 heterocycles. The molecule has 0 radical (unpaired) electrons. The highest BCUT2D eigenvalue weighted by molar-refractivity contribution is 5.16. The Morgan fingerprint density at radius 1 is 1.23 bits per heavy atom. The Labute approximate surface area is 132 Å². The molecule has 1 aromatic carbocycles. The summed E-state index contributed by atoms with van der Waals surface area (Å²) >= 11 is 0. The third-order valence-electron chi connectivity index (χ3n) is 4.90. The highest BCUT2D eigenvalue weighted by atomic mass is 19.1. The maximum absolute atomic E-state index is 13.2. The number of likely N-dealkylation sites (tertiary alicyclic amines) is 1. The smallest absolute Gasteiger partial charge is 0.123 e. The molecule has 0 amide bonds. The van der Waals surface area contributed by atoms with Crippen LogP contribution in [0.1, 0.15) is 31.2 Å². The van der Waals surface area contributed by atoms with Crippen molar-refractivity contribution in [3.05, 3.63) is 35.6 Å². The number of benzene rings is 1. The molecule has 2 fully saturated rings. The minimum Gasteiger partial charge on any atom is -0.376 e. The second-order valence-electron chi connectivity index (χ2n) is 6.62. The zero-order valence-corrected chi connectivity index (χ0v) is 13.3. The van der Waals surface area contributed by atoms with Gasteiger partial charge < -0.3 is 10.1 Å². The molecule has 1 N–H and O–H groups in total. The van der Waals surface area contributed by atoms with Crippen LogP contribution in [0.3, 0.4) is 0 Å². The standard InChI is InChI=1S/C18H27FN2O/c19-17-3-1-2-16(12-17)14-21-9-6-15(7-10-21)4-5-18-13-20-8-11-22-18/h1-3,12,15,18,20H,4-11,13-14H2. The normalized spacial score (nSPS) is 24.5. The van der Waals surface area contributed by atoms with E-state index >= 15 is 0 Å². The van der Waals surface area contributed by atoms with E-state index in [1.54, 1.807) is 12.1 Å². The van der Waals surface area contributed by atoms with Crippen molar-refractivity contribution in [2.24, 2.45) is 5.92 Å². The zero-order chi connectivity index (χ0) is 15.2. The summed E-state index contributed by atoms with van der Waals surface area (Å²) in [7, 11) is 0. The van der Waals surface area contributed by atoms with E-state index in [9.17, 15) is 4.39 Å². The molecule has 0 saturated carbocycles.